The van der Waals surface area contributed by atoms with Crippen molar-refractivity contribution in [2.24, 2.45) is 0 Å². The summed E-state index contributed by atoms with van der Waals surface area (Å²) in [5.41, 5.74) is 2.21. The summed E-state index contributed by atoms with van der Waals surface area (Å²) in [6.45, 7) is 2.27. The van der Waals surface area contributed by atoms with Gasteiger partial charge in [0, 0.05) is 43.0 Å². The fourth-order valence-electron chi connectivity index (χ4n) is 4.80. The molecule has 0 spiro atoms. The molecule has 3 aromatic rings. The molecule has 1 aliphatic carbocycles. The van der Waals surface area contributed by atoms with Gasteiger partial charge < -0.3 is 9.80 Å². The molecule has 2 aliphatic rings. The van der Waals surface area contributed by atoms with Crippen LogP contribution >= 0.6 is 11.3 Å². The molecule has 0 unspecified atom stereocenters. The Hall–Kier alpha value is -3.46. The Kier molecular flexibility index (Phi) is 6.19. The van der Waals surface area contributed by atoms with E-state index in [1.54, 1.807) is 20.4 Å². The van der Waals surface area contributed by atoms with E-state index in [0.29, 0.717) is 61.6 Å². The van der Waals surface area contributed by atoms with Crippen molar-refractivity contribution < 1.29 is 9.59 Å². The molecule has 1 aliphatic heterocycles. The molecule has 1 N–H and O–H groups in total. The fourth-order valence-corrected chi connectivity index (χ4v) is 5.49. The van der Waals surface area contributed by atoms with Gasteiger partial charge in [0.1, 0.15) is 0 Å². The van der Waals surface area contributed by atoms with Crippen LogP contribution in [0.5, 0.6) is 0 Å². The third kappa shape index (κ3) is 4.35. The molecular formula is C25H26N4O4S. The fraction of sp³-hybridized carbons (Fsp3) is 0.360. The normalized spacial score (nSPS) is 15.8. The zero-order chi connectivity index (χ0) is 23.7. The number of nitrogens with zero attached hydrogens (tertiary/aromatic N) is 3. The van der Waals surface area contributed by atoms with Gasteiger partial charge in [-0.2, -0.15) is 0 Å². The van der Waals surface area contributed by atoms with E-state index in [1.165, 1.54) is 11.3 Å². The maximum Gasteiger partial charge on any atom is 0.328 e. The van der Waals surface area contributed by atoms with Crippen LogP contribution in [0.15, 0.2) is 51.4 Å². The van der Waals surface area contributed by atoms with Crippen LogP contribution < -0.4 is 11.2 Å². The Morgan fingerprint density at radius 1 is 0.912 bits per heavy atom. The first kappa shape index (κ1) is 22.3. The Morgan fingerprint density at radius 3 is 2.38 bits per heavy atom. The second kappa shape index (κ2) is 9.42. The van der Waals surface area contributed by atoms with Crippen molar-refractivity contribution in [1.82, 2.24) is 19.4 Å². The van der Waals surface area contributed by atoms with Crippen LogP contribution in [0.25, 0.3) is 0 Å². The molecule has 1 aromatic carbocycles. The van der Waals surface area contributed by atoms with E-state index in [0.717, 1.165) is 24.1 Å². The van der Waals surface area contributed by atoms with E-state index in [4.69, 9.17) is 0 Å². The number of carbonyl (C=O) groups is 2. The predicted molar refractivity (Wildman–Crippen MR) is 130 cm³/mol. The van der Waals surface area contributed by atoms with Gasteiger partial charge in [-0.15, -0.1) is 11.3 Å². The Balaban J connectivity index is 1.30. The molecule has 2 amide bonds. The first-order valence-corrected chi connectivity index (χ1v) is 12.4. The van der Waals surface area contributed by atoms with E-state index in [-0.39, 0.29) is 17.4 Å². The highest BCUT2D eigenvalue weighted by Crippen LogP contribution is 2.19. The highest BCUT2D eigenvalue weighted by Gasteiger charge is 2.26. The largest absolute Gasteiger partial charge is 0.335 e. The molecule has 5 rings (SSSR count). The minimum atomic E-state index is -0.408. The monoisotopic (exact) mass is 478 g/mol. The minimum absolute atomic E-state index is 0.0128. The second-order valence-corrected chi connectivity index (χ2v) is 9.69. The minimum Gasteiger partial charge on any atom is -0.335 e. The maximum atomic E-state index is 13.2. The van der Waals surface area contributed by atoms with Crippen LogP contribution in [-0.4, -0.2) is 57.3 Å². The van der Waals surface area contributed by atoms with Gasteiger partial charge in [-0.1, -0.05) is 18.2 Å². The van der Waals surface area contributed by atoms with E-state index in [2.05, 4.69) is 4.98 Å². The molecule has 1 saturated heterocycles. The first-order valence-electron chi connectivity index (χ1n) is 11.6. The number of aromatic amines is 1. The Labute approximate surface area is 200 Å². The summed E-state index contributed by atoms with van der Waals surface area (Å²) in [7, 11) is 0. The summed E-state index contributed by atoms with van der Waals surface area (Å²) < 4.78 is 1.63. The highest BCUT2D eigenvalue weighted by molar-refractivity contribution is 7.12. The number of hydrogen-bond donors (Lipinski definition) is 1. The summed E-state index contributed by atoms with van der Waals surface area (Å²) in [5.74, 6) is -0.0697. The average Bonchev–Trinajstić information content (AvgIpc) is 3.41. The molecule has 176 valence electrons. The lowest BCUT2D eigenvalue weighted by Crippen LogP contribution is -2.50. The third-order valence-corrected chi connectivity index (χ3v) is 7.46. The number of amides is 2. The van der Waals surface area contributed by atoms with Crippen molar-refractivity contribution in [3.05, 3.63) is 89.9 Å². The molecule has 1 fully saturated rings. The number of nitrogens with one attached hydrogen (secondary N) is 1. The number of piperazine rings is 1. The number of fused-ring (bicyclic) bond motifs is 1. The van der Waals surface area contributed by atoms with Gasteiger partial charge in [-0.05, 0) is 54.8 Å². The van der Waals surface area contributed by atoms with Crippen molar-refractivity contribution in [3.63, 3.8) is 0 Å². The van der Waals surface area contributed by atoms with E-state index in [9.17, 15) is 19.2 Å². The number of hydrogen-bond acceptors (Lipinski definition) is 5. The smallest absolute Gasteiger partial charge is 0.328 e. The van der Waals surface area contributed by atoms with Crippen LogP contribution in [0.1, 0.15) is 49.7 Å². The quantitative estimate of drug-likeness (QED) is 0.621. The standard InChI is InChI=1S/C25H26N4O4S/c30-22-19-7-1-2-8-20(19)29(25(33)26-22)16-17-5-3-6-18(15-17)23(31)27-10-12-28(13-11-27)24(32)21-9-4-14-34-21/h3-6,9,14-15H,1-2,7-8,10-13,16H2,(H,26,30,33). The molecule has 0 saturated carbocycles. The number of benzene rings is 1. The van der Waals surface area contributed by atoms with Gasteiger partial charge >= 0.3 is 5.69 Å². The number of aromatic nitrogens is 2. The molecule has 0 bridgehead atoms. The number of carbonyl (C=O) groups excluding carboxylic acids is 2. The molecule has 2 aromatic heterocycles. The maximum absolute atomic E-state index is 13.2. The van der Waals surface area contributed by atoms with E-state index in [1.807, 2.05) is 35.7 Å². The van der Waals surface area contributed by atoms with Gasteiger partial charge in [-0.3, -0.25) is 23.9 Å². The molecule has 0 atom stereocenters. The zero-order valence-corrected chi connectivity index (χ0v) is 19.6. The van der Waals surface area contributed by atoms with Crippen LogP contribution in [0.4, 0.5) is 0 Å². The molecule has 34 heavy (non-hydrogen) atoms. The highest BCUT2D eigenvalue weighted by atomic mass is 32.1. The Morgan fingerprint density at radius 2 is 1.65 bits per heavy atom. The average molecular weight is 479 g/mol. The summed E-state index contributed by atoms with van der Waals surface area (Å²) in [5, 5.41) is 1.89. The second-order valence-electron chi connectivity index (χ2n) is 8.74. The van der Waals surface area contributed by atoms with Crippen molar-refractivity contribution in [3.8, 4) is 0 Å². The van der Waals surface area contributed by atoms with E-state index < -0.39 is 5.69 Å². The van der Waals surface area contributed by atoms with Gasteiger partial charge in [0.15, 0.2) is 0 Å². The van der Waals surface area contributed by atoms with Crippen LogP contribution in [0.2, 0.25) is 0 Å². The predicted octanol–water partition coefficient (Wildman–Crippen LogP) is 2.12. The topological polar surface area (TPSA) is 95.5 Å². The molecule has 3 heterocycles. The number of H-pyrrole nitrogens is 1. The molecule has 0 radical (unpaired) electrons. The molecule has 8 nitrogen and oxygen atoms in total. The SMILES string of the molecule is O=C(c1cccc(Cn2c3c(c(=O)[nH]c2=O)CCCC3)c1)N1CCN(C(=O)c2cccs2)CC1. The lowest BCUT2D eigenvalue weighted by Gasteiger charge is -2.34. The van der Waals surface area contributed by atoms with Gasteiger partial charge in [-0.25, -0.2) is 4.79 Å². The van der Waals surface area contributed by atoms with Crippen molar-refractivity contribution in [2.75, 3.05) is 26.2 Å². The molecular weight excluding hydrogens is 452 g/mol. The van der Waals surface area contributed by atoms with Crippen molar-refractivity contribution in [1.29, 1.82) is 0 Å². The van der Waals surface area contributed by atoms with Crippen LogP contribution in [-0.2, 0) is 19.4 Å². The third-order valence-electron chi connectivity index (χ3n) is 6.60. The van der Waals surface area contributed by atoms with E-state index >= 15 is 0 Å². The van der Waals surface area contributed by atoms with Gasteiger partial charge in [0.05, 0.1) is 11.4 Å². The summed E-state index contributed by atoms with van der Waals surface area (Å²) in [6, 6.07) is 11.0. The van der Waals surface area contributed by atoms with Crippen LogP contribution in [0.3, 0.4) is 0 Å². The first-order chi connectivity index (χ1) is 16.5. The number of thiophene rings is 1. The summed E-state index contributed by atoms with van der Waals surface area (Å²) in [6.07, 6.45) is 3.30. The summed E-state index contributed by atoms with van der Waals surface area (Å²) >= 11 is 1.43. The van der Waals surface area contributed by atoms with Crippen molar-refractivity contribution >= 4 is 23.2 Å². The van der Waals surface area contributed by atoms with Gasteiger partial charge in [0.25, 0.3) is 17.4 Å². The lowest BCUT2D eigenvalue weighted by molar-refractivity contribution is 0.0538. The van der Waals surface area contributed by atoms with Crippen molar-refractivity contribution in [2.45, 2.75) is 32.2 Å². The number of rotatable bonds is 4. The lowest BCUT2D eigenvalue weighted by atomic mass is 9.96. The summed E-state index contributed by atoms with van der Waals surface area (Å²) in [4.78, 5) is 57.2. The van der Waals surface area contributed by atoms with Crippen LogP contribution in [0, 0.1) is 0 Å². The molecule has 9 heteroatoms. The Bertz CT molecular complexity index is 1330. The zero-order valence-electron chi connectivity index (χ0n) is 18.8. The van der Waals surface area contributed by atoms with Gasteiger partial charge in [0.2, 0.25) is 0 Å².